The first-order valence-corrected chi connectivity index (χ1v) is 8.19. The third kappa shape index (κ3) is 4.31. The van der Waals surface area contributed by atoms with E-state index in [1.165, 1.54) is 12.4 Å². The molecule has 1 saturated heterocycles. The van der Waals surface area contributed by atoms with E-state index in [1.54, 1.807) is 0 Å². The van der Waals surface area contributed by atoms with Crippen molar-refractivity contribution in [3.8, 4) is 6.07 Å². The predicted molar refractivity (Wildman–Crippen MR) is 94.3 cm³/mol. The van der Waals surface area contributed by atoms with E-state index >= 15 is 0 Å². The van der Waals surface area contributed by atoms with Gasteiger partial charge in [-0.2, -0.15) is 5.26 Å². The smallest absolute Gasteiger partial charge is 0.227 e. The molecule has 1 fully saturated rings. The number of carbonyl (C=O) groups is 1. The topological polar surface area (TPSA) is 85.2 Å². The molecule has 0 unspecified atom stereocenters. The lowest BCUT2D eigenvalue weighted by Crippen LogP contribution is -2.47. The van der Waals surface area contributed by atoms with Gasteiger partial charge in [0.1, 0.15) is 6.07 Å². The highest BCUT2D eigenvalue weighted by Gasteiger charge is 2.18. The summed E-state index contributed by atoms with van der Waals surface area (Å²) >= 11 is 0. The molecule has 1 aromatic carbocycles. The highest BCUT2D eigenvalue weighted by Crippen LogP contribution is 2.17. The number of likely N-dealkylation sites (N-methyl/N-ethyl adjacent to an activating group) is 1. The van der Waals surface area contributed by atoms with Crippen LogP contribution in [0.1, 0.15) is 11.3 Å². The monoisotopic (exact) mass is 336 g/mol. The van der Waals surface area contributed by atoms with Gasteiger partial charge in [-0.25, -0.2) is 9.97 Å². The van der Waals surface area contributed by atoms with Crippen LogP contribution in [0, 0.1) is 11.3 Å². The number of benzene rings is 1. The lowest BCUT2D eigenvalue weighted by Gasteiger charge is -2.32. The van der Waals surface area contributed by atoms with Crippen molar-refractivity contribution in [3.05, 3.63) is 47.9 Å². The quantitative estimate of drug-likeness (QED) is 0.909. The van der Waals surface area contributed by atoms with Crippen LogP contribution in [0.4, 0.5) is 11.5 Å². The SMILES string of the molecule is CN1CCN(C(=O)Cc2ccc(Nc3nccnc3C#N)cc2)CC1. The lowest BCUT2D eigenvalue weighted by atomic mass is 10.1. The molecule has 0 bridgehead atoms. The number of carbonyl (C=O) groups excluding carboxylic acids is 1. The zero-order valence-electron chi connectivity index (χ0n) is 14.1. The molecule has 0 radical (unpaired) electrons. The molecule has 128 valence electrons. The minimum Gasteiger partial charge on any atom is -0.340 e. The number of aromatic nitrogens is 2. The normalized spacial score (nSPS) is 14.8. The molecular formula is C18H20N6O. The van der Waals surface area contributed by atoms with Crippen molar-refractivity contribution in [1.29, 1.82) is 5.26 Å². The van der Waals surface area contributed by atoms with Crippen LogP contribution in [0.3, 0.4) is 0 Å². The van der Waals surface area contributed by atoms with Crippen molar-refractivity contribution >= 4 is 17.4 Å². The zero-order valence-corrected chi connectivity index (χ0v) is 14.1. The Balaban J connectivity index is 1.60. The van der Waals surface area contributed by atoms with Gasteiger partial charge in [0.2, 0.25) is 5.91 Å². The summed E-state index contributed by atoms with van der Waals surface area (Å²) in [4.78, 5) is 24.6. The van der Waals surface area contributed by atoms with E-state index in [0.29, 0.717) is 12.2 Å². The van der Waals surface area contributed by atoms with Gasteiger partial charge in [0.15, 0.2) is 11.5 Å². The maximum atomic E-state index is 12.4. The molecule has 1 aromatic heterocycles. The van der Waals surface area contributed by atoms with Crippen molar-refractivity contribution < 1.29 is 4.79 Å². The Labute approximate surface area is 146 Å². The Bertz CT molecular complexity index is 775. The van der Waals surface area contributed by atoms with E-state index in [9.17, 15) is 4.79 Å². The largest absolute Gasteiger partial charge is 0.340 e. The van der Waals surface area contributed by atoms with Crippen molar-refractivity contribution in [2.45, 2.75) is 6.42 Å². The first-order valence-electron chi connectivity index (χ1n) is 8.19. The number of nitrogens with one attached hydrogen (secondary N) is 1. The summed E-state index contributed by atoms with van der Waals surface area (Å²) in [7, 11) is 2.07. The molecule has 0 spiro atoms. The van der Waals surface area contributed by atoms with E-state index in [2.05, 4.69) is 27.2 Å². The van der Waals surface area contributed by atoms with Crippen LogP contribution in [0.5, 0.6) is 0 Å². The Hall–Kier alpha value is -2.98. The van der Waals surface area contributed by atoms with Crippen molar-refractivity contribution in [3.63, 3.8) is 0 Å². The number of rotatable bonds is 4. The van der Waals surface area contributed by atoms with Crippen molar-refractivity contribution in [2.24, 2.45) is 0 Å². The molecule has 2 heterocycles. The minimum absolute atomic E-state index is 0.162. The van der Waals surface area contributed by atoms with E-state index in [-0.39, 0.29) is 11.6 Å². The number of nitrogens with zero attached hydrogens (tertiary/aromatic N) is 5. The maximum absolute atomic E-state index is 12.4. The summed E-state index contributed by atoms with van der Waals surface area (Å²) in [6.45, 7) is 3.43. The minimum atomic E-state index is 0.162. The first-order chi connectivity index (χ1) is 12.2. The lowest BCUT2D eigenvalue weighted by molar-refractivity contribution is -0.132. The molecule has 1 amide bonds. The number of nitriles is 1. The van der Waals surface area contributed by atoms with Crippen LogP contribution in [0.2, 0.25) is 0 Å². The number of anilines is 2. The third-order valence-corrected chi connectivity index (χ3v) is 4.23. The fraction of sp³-hybridized carbons (Fsp3) is 0.333. The van der Waals surface area contributed by atoms with Gasteiger partial charge in [0.25, 0.3) is 0 Å². The molecule has 7 heteroatoms. The third-order valence-electron chi connectivity index (χ3n) is 4.23. The molecule has 1 aliphatic heterocycles. The first kappa shape index (κ1) is 16.9. The van der Waals surface area contributed by atoms with Crippen LogP contribution in [-0.4, -0.2) is 58.9 Å². The summed E-state index contributed by atoms with van der Waals surface area (Å²) < 4.78 is 0. The fourth-order valence-electron chi connectivity index (χ4n) is 2.70. The average molecular weight is 336 g/mol. The molecule has 7 nitrogen and oxygen atoms in total. The summed E-state index contributed by atoms with van der Waals surface area (Å²) in [6.07, 6.45) is 3.42. The van der Waals surface area contributed by atoms with Gasteiger partial charge >= 0.3 is 0 Å². The molecule has 1 aliphatic rings. The van der Waals surface area contributed by atoms with Crippen molar-refractivity contribution in [2.75, 3.05) is 38.5 Å². The van der Waals surface area contributed by atoms with E-state index in [1.807, 2.05) is 35.2 Å². The Kier molecular flexibility index (Phi) is 5.21. The van der Waals surface area contributed by atoms with Crippen LogP contribution in [0.15, 0.2) is 36.7 Å². The van der Waals surface area contributed by atoms with Gasteiger partial charge < -0.3 is 15.1 Å². The Morgan fingerprint density at radius 2 is 1.84 bits per heavy atom. The number of amides is 1. The van der Waals surface area contributed by atoms with E-state index in [4.69, 9.17) is 5.26 Å². The molecule has 0 atom stereocenters. The second-order valence-corrected chi connectivity index (χ2v) is 6.05. The van der Waals surface area contributed by atoms with Crippen LogP contribution < -0.4 is 5.32 Å². The number of piperazine rings is 1. The highest BCUT2D eigenvalue weighted by atomic mass is 16.2. The summed E-state index contributed by atoms with van der Waals surface area (Å²) in [5, 5.41) is 12.1. The summed E-state index contributed by atoms with van der Waals surface area (Å²) in [6, 6.07) is 9.59. The second kappa shape index (κ2) is 7.73. The zero-order chi connectivity index (χ0) is 17.6. The van der Waals surface area contributed by atoms with Gasteiger partial charge in [-0.1, -0.05) is 12.1 Å². The van der Waals surface area contributed by atoms with E-state index < -0.39 is 0 Å². The molecule has 25 heavy (non-hydrogen) atoms. The van der Waals surface area contributed by atoms with Crippen molar-refractivity contribution in [1.82, 2.24) is 19.8 Å². The molecule has 2 aromatic rings. The van der Waals surface area contributed by atoms with Gasteiger partial charge in [-0.05, 0) is 24.7 Å². The van der Waals surface area contributed by atoms with E-state index in [0.717, 1.165) is 37.4 Å². The molecular weight excluding hydrogens is 316 g/mol. The standard InChI is InChI=1S/C18H20N6O/c1-23-8-10-24(11-9-23)17(25)12-14-2-4-15(5-3-14)22-18-16(13-19)20-6-7-21-18/h2-7H,8-12H2,1H3,(H,21,22). The van der Waals surface area contributed by atoms with Gasteiger partial charge in [-0.15, -0.1) is 0 Å². The maximum Gasteiger partial charge on any atom is 0.227 e. The van der Waals surface area contributed by atoms with Gasteiger partial charge in [0, 0.05) is 44.3 Å². The molecule has 0 aliphatic carbocycles. The van der Waals surface area contributed by atoms with Crippen LogP contribution in [0.25, 0.3) is 0 Å². The van der Waals surface area contributed by atoms with Crippen LogP contribution >= 0.6 is 0 Å². The van der Waals surface area contributed by atoms with Gasteiger partial charge in [-0.3, -0.25) is 4.79 Å². The molecule has 3 rings (SSSR count). The van der Waals surface area contributed by atoms with Gasteiger partial charge in [0.05, 0.1) is 6.42 Å². The molecule has 0 saturated carbocycles. The Morgan fingerprint density at radius 1 is 1.16 bits per heavy atom. The second-order valence-electron chi connectivity index (χ2n) is 6.05. The average Bonchev–Trinajstić information content (AvgIpc) is 2.64. The molecule has 1 N–H and O–H groups in total. The highest BCUT2D eigenvalue weighted by molar-refractivity contribution is 5.79. The predicted octanol–water partition coefficient (Wildman–Crippen LogP) is 1.41. The number of hydrogen-bond acceptors (Lipinski definition) is 6. The summed E-state index contributed by atoms with van der Waals surface area (Å²) in [5.74, 6) is 0.584. The summed E-state index contributed by atoms with van der Waals surface area (Å²) in [5.41, 5.74) is 2.01. The number of hydrogen-bond donors (Lipinski definition) is 1. The fourth-order valence-corrected chi connectivity index (χ4v) is 2.70. The van der Waals surface area contributed by atoms with Crippen LogP contribution in [-0.2, 0) is 11.2 Å². The Morgan fingerprint density at radius 3 is 2.52 bits per heavy atom.